The quantitative estimate of drug-likeness (QED) is 0.247. The van der Waals surface area contributed by atoms with Gasteiger partial charge in [-0.25, -0.2) is 15.0 Å². The SMILES string of the molecule is CSc1nc(Cl)c2nc(-c3ccccc3C)n(-c3ccc(Cl)cc3)c2n1. The van der Waals surface area contributed by atoms with E-state index in [4.69, 9.17) is 28.2 Å². The summed E-state index contributed by atoms with van der Waals surface area (Å²) in [4.78, 5) is 13.8. The fourth-order valence-corrected chi connectivity index (χ4v) is 3.58. The Kier molecular flexibility index (Phi) is 4.61. The van der Waals surface area contributed by atoms with Crippen LogP contribution in [0.2, 0.25) is 10.2 Å². The molecule has 130 valence electrons. The summed E-state index contributed by atoms with van der Waals surface area (Å²) in [6.07, 6.45) is 1.92. The number of aromatic nitrogens is 4. The number of nitrogens with zero attached hydrogens (tertiary/aromatic N) is 4. The van der Waals surface area contributed by atoms with Crippen molar-refractivity contribution in [1.29, 1.82) is 0 Å². The number of hydrogen-bond acceptors (Lipinski definition) is 4. The van der Waals surface area contributed by atoms with Crippen LogP contribution in [0.4, 0.5) is 0 Å². The van der Waals surface area contributed by atoms with Crippen molar-refractivity contribution in [2.24, 2.45) is 0 Å². The zero-order valence-electron chi connectivity index (χ0n) is 14.1. The Hall–Kier alpha value is -2.08. The molecule has 0 fully saturated rings. The summed E-state index contributed by atoms with van der Waals surface area (Å²) < 4.78 is 2.00. The zero-order chi connectivity index (χ0) is 18.3. The molecule has 0 spiro atoms. The monoisotopic (exact) mass is 400 g/mol. The van der Waals surface area contributed by atoms with Gasteiger partial charge in [0.2, 0.25) is 0 Å². The smallest absolute Gasteiger partial charge is 0.190 e. The maximum atomic E-state index is 6.40. The van der Waals surface area contributed by atoms with Crippen LogP contribution in [0.25, 0.3) is 28.2 Å². The van der Waals surface area contributed by atoms with Crippen LogP contribution in [0.15, 0.2) is 53.7 Å². The molecule has 4 rings (SSSR count). The maximum Gasteiger partial charge on any atom is 0.190 e. The summed E-state index contributed by atoms with van der Waals surface area (Å²) in [6, 6.07) is 15.7. The van der Waals surface area contributed by atoms with Gasteiger partial charge < -0.3 is 0 Å². The fourth-order valence-electron chi connectivity index (χ4n) is 2.84. The van der Waals surface area contributed by atoms with E-state index in [0.717, 1.165) is 22.6 Å². The minimum Gasteiger partial charge on any atom is -0.276 e. The number of thioether (sulfide) groups is 1. The van der Waals surface area contributed by atoms with Crippen LogP contribution in [-0.2, 0) is 0 Å². The Morgan fingerprint density at radius 3 is 2.35 bits per heavy atom. The Morgan fingerprint density at radius 2 is 1.65 bits per heavy atom. The summed E-state index contributed by atoms with van der Waals surface area (Å²) in [5, 5.41) is 1.63. The van der Waals surface area contributed by atoms with Gasteiger partial charge in [0.25, 0.3) is 0 Å². The van der Waals surface area contributed by atoms with E-state index < -0.39 is 0 Å². The minimum absolute atomic E-state index is 0.349. The zero-order valence-corrected chi connectivity index (χ0v) is 16.4. The highest BCUT2D eigenvalue weighted by Gasteiger charge is 2.20. The van der Waals surface area contributed by atoms with Crippen molar-refractivity contribution in [2.45, 2.75) is 12.1 Å². The third-order valence-electron chi connectivity index (χ3n) is 4.10. The molecule has 0 saturated carbocycles. The largest absolute Gasteiger partial charge is 0.276 e. The van der Waals surface area contributed by atoms with Crippen LogP contribution in [0.5, 0.6) is 0 Å². The summed E-state index contributed by atoms with van der Waals surface area (Å²) in [5.74, 6) is 0.773. The lowest BCUT2D eigenvalue weighted by molar-refractivity contribution is 0.972. The molecule has 0 atom stereocenters. The Bertz CT molecular complexity index is 1110. The van der Waals surface area contributed by atoms with E-state index in [0.29, 0.717) is 26.5 Å². The van der Waals surface area contributed by atoms with Crippen molar-refractivity contribution in [1.82, 2.24) is 19.5 Å². The molecular formula is C19H14Cl2N4S. The van der Waals surface area contributed by atoms with Gasteiger partial charge in [-0.2, -0.15) is 0 Å². The van der Waals surface area contributed by atoms with Gasteiger partial charge in [-0.05, 0) is 43.0 Å². The van der Waals surface area contributed by atoms with E-state index in [1.54, 1.807) is 0 Å². The molecule has 0 aliphatic heterocycles. The molecule has 0 amide bonds. The highest BCUT2D eigenvalue weighted by atomic mass is 35.5. The predicted molar refractivity (Wildman–Crippen MR) is 109 cm³/mol. The third-order valence-corrected chi connectivity index (χ3v) is 5.16. The number of imidazole rings is 1. The topological polar surface area (TPSA) is 43.6 Å². The normalized spacial score (nSPS) is 11.2. The van der Waals surface area contributed by atoms with E-state index in [1.807, 2.05) is 53.3 Å². The van der Waals surface area contributed by atoms with Gasteiger partial charge in [0.15, 0.2) is 16.0 Å². The van der Waals surface area contributed by atoms with Gasteiger partial charge in [0.1, 0.15) is 11.3 Å². The Labute approximate surface area is 165 Å². The van der Waals surface area contributed by atoms with Crippen LogP contribution in [0.3, 0.4) is 0 Å². The van der Waals surface area contributed by atoms with Gasteiger partial charge in [-0.3, -0.25) is 4.57 Å². The molecule has 0 aliphatic carbocycles. The second-order valence-corrected chi connectivity index (χ2v) is 7.30. The standard InChI is InChI=1S/C19H14Cl2N4S/c1-11-5-3-4-6-14(11)17-22-15-16(21)23-19(26-2)24-18(15)25(17)13-9-7-12(20)8-10-13/h3-10H,1-2H3. The summed E-state index contributed by atoms with van der Waals surface area (Å²) in [6.45, 7) is 2.06. The molecule has 0 unspecified atom stereocenters. The van der Waals surface area contributed by atoms with Crippen LogP contribution in [0, 0.1) is 6.92 Å². The molecule has 7 heteroatoms. The van der Waals surface area contributed by atoms with E-state index in [-0.39, 0.29) is 0 Å². The number of hydrogen-bond donors (Lipinski definition) is 0. The van der Waals surface area contributed by atoms with Gasteiger partial charge in [0, 0.05) is 16.3 Å². The molecule has 4 aromatic rings. The van der Waals surface area contributed by atoms with E-state index >= 15 is 0 Å². The van der Waals surface area contributed by atoms with Crippen molar-refractivity contribution in [2.75, 3.05) is 6.26 Å². The molecule has 0 bridgehead atoms. The predicted octanol–water partition coefficient (Wildman–Crippen LogP) is 5.82. The molecule has 0 saturated heterocycles. The molecule has 4 nitrogen and oxygen atoms in total. The highest BCUT2D eigenvalue weighted by molar-refractivity contribution is 7.98. The highest BCUT2D eigenvalue weighted by Crippen LogP contribution is 2.33. The van der Waals surface area contributed by atoms with Gasteiger partial charge in [-0.15, -0.1) is 0 Å². The lowest BCUT2D eigenvalue weighted by Crippen LogP contribution is -2.00. The Balaban J connectivity index is 2.11. The lowest BCUT2D eigenvalue weighted by atomic mass is 10.1. The number of fused-ring (bicyclic) bond motifs is 1. The molecule has 2 aromatic heterocycles. The number of rotatable bonds is 3. The first kappa shape index (κ1) is 17.3. The number of aryl methyl sites for hydroxylation is 1. The van der Waals surface area contributed by atoms with Gasteiger partial charge in [-0.1, -0.05) is 59.2 Å². The number of benzene rings is 2. The lowest BCUT2D eigenvalue weighted by Gasteiger charge is -2.11. The second-order valence-electron chi connectivity index (χ2n) is 5.74. The van der Waals surface area contributed by atoms with Crippen LogP contribution in [0.1, 0.15) is 5.56 Å². The van der Waals surface area contributed by atoms with Crippen molar-refractivity contribution in [3.63, 3.8) is 0 Å². The first-order valence-corrected chi connectivity index (χ1v) is 9.88. The van der Waals surface area contributed by atoms with Crippen molar-refractivity contribution >= 4 is 46.1 Å². The van der Waals surface area contributed by atoms with Crippen molar-refractivity contribution < 1.29 is 0 Å². The van der Waals surface area contributed by atoms with E-state index in [1.165, 1.54) is 11.8 Å². The second kappa shape index (κ2) is 6.91. The third kappa shape index (κ3) is 2.96. The maximum absolute atomic E-state index is 6.40. The fraction of sp³-hybridized carbons (Fsp3) is 0.105. The first-order chi connectivity index (χ1) is 12.6. The molecule has 26 heavy (non-hydrogen) atoms. The molecule has 0 N–H and O–H groups in total. The molecule has 2 aromatic carbocycles. The minimum atomic E-state index is 0.349. The number of halogens is 2. The van der Waals surface area contributed by atoms with Crippen molar-refractivity contribution in [3.05, 3.63) is 64.3 Å². The molecule has 0 aliphatic rings. The molecular weight excluding hydrogens is 387 g/mol. The average Bonchev–Trinajstić information content (AvgIpc) is 3.02. The van der Waals surface area contributed by atoms with Gasteiger partial charge in [0.05, 0.1) is 0 Å². The summed E-state index contributed by atoms with van der Waals surface area (Å²) in [5.41, 5.74) is 4.30. The average molecular weight is 401 g/mol. The first-order valence-electron chi connectivity index (χ1n) is 7.90. The van der Waals surface area contributed by atoms with E-state index in [9.17, 15) is 0 Å². The van der Waals surface area contributed by atoms with Crippen LogP contribution >= 0.6 is 35.0 Å². The summed E-state index contributed by atoms with van der Waals surface area (Å²) in [7, 11) is 0. The van der Waals surface area contributed by atoms with Crippen LogP contribution < -0.4 is 0 Å². The van der Waals surface area contributed by atoms with Gasteiger partial charge >= 0.3 is 0 Å². The van der Waals surface area contributed by atoms with Crippen molar-refractivity contribution in [3.8, 4) is 17.1 Å². The van der Waals surface area contributed by atoms with Crippen LogP contribution in [-0.4, -0.2) is 25.8 Å². The molecule has 2 heterocycles. The van der Waals surface area contributed by atoms with E-state index in [2.05, 4.69) is 23.0 Å². The Morgan fingerprint density at radius 1 is 0.923 bits per heavy atom. The molecule has 0 radical (unpaired) electrons. The summed E-state index contributed by atoms with van der Waals surface area (Å²) >= 11 is 13.9.